The van der Waals surface area contributed by atoms with Crippen molar-refractivity contribution in [3.05, 3.63) is 18.6 Å². The lowest BCUT2D eigenvalue weighted by Crippen LogP contribution is -2.43. The van der Waals surface area contributed by atoms with Gasteiger partial charge in [-0.15, -0.1) is 0 Å². The summed E-state index contributed by atoms with van der Waals surface area (Å²) < 4.78 is 2.07. The number of pyridine rings is 1. The van der Waals surface area contributed by atoms with E-state index in [0.29, 0.717) is 16.9 Å². The number of aryl methyl sites for hydroxylation is 1. The predicted octanol–water partition coefficient (Wildman–Crippen LogP) is 2.86. The van der Waals surface area contributed by atoms with Crippen molar-refractivity contribution < 1.29 is 0 Å². The number of aromatic nitrogens is 3. The first-order chi connectivity index (χ1) is 9.24. The Hall–Kier alpha value is -1.10. The van der Waals surface area contributed by atoms with E-state index in [1.807, 2.05) is 25.6 Å². The molecular weight excluding hydrogens is 304 g/mol. The molecule has 4 nitrogen and oxygen atoms in total. The summed E-state index contributed by atoms with van der Waals surface area (Å²) >= 11 is 3.80. The lowest BCUT2D eigenvalue weighted by molar-refractivity contribution is 0.480. The van der Waals surface area contributed by atoms with E-state index in [2.05, 4.69) is 35.4 Å². The maximum atomic E-state index is 4.64. The van der Waals surface area contributed by atoms with Gasteiger partial charge in [-0.2, -0.15) is 0 Å². The highest BCUT2D eigenvalue weighted by molar-refractivity contribution is 9.09. The molecule has 0 amide bonds. The van der Waals surface area contributed by atoms with E-state index < -0.39 is 0 Å². The Labute approximate surface area is 121 Å². The van der Waals surface area contributed by atoms with E-state index in [4.69, 9.17) is 0 Å². The van der Waals surface area contributed by atoms with Crippen LogP contribution in [-0.2, 0) is 7.05 Å². The second kappa shape index (κ2) is 4.20. The summed E-state index contributed by atoms with van der Waals surface area (Å²) in [6, 6.07) is 3.30. The zero-order valence-electron chi connectivity index (χ0n) is 11.0. The zero-order chi connectivity index (χ0) is 13.0. The van der Waals surface area contributed by atoms with E-state index in [-0.39, 0.29) is 0 Å². The van der Waals surface area contributed by atoms with Crippen LogP contribution in [0.5, 0.6) is 0 Å². The Morgan fingerprint density at radius 3 is 2.68 bits per heavy atom. The van der Waals surface area contributed by atoms with Crippen molar-refractivity contribution in [1.82, 2.24) is 14.5 Å². The molecule has 0 spiro atoms. The van der Waals surface area contributed by atoms with Crippen LogP contribution in [0.2, 0.25) is 0 Å². The SMILES string of the molecule is Cn1cnc2c(N3C4CCC3CC(Br)C4)nccc21. The van der Waals surface area contributed by atoms with E-state index in [1.165, 1.54) is 31.2 Å². The first-order valence-electron chi connectivity index (χ1n) is 6.92. The van der Waals surface area contributed by atoms with Gasteiger partial charge in [0.2, 0.25) is 0 Å². The second-order valence-electron chi connectivity index (χ2n) is 5.72. The third-order valence-electron chi connectivity index (χ3n) is 4.54. The average Bonchev–Trinajstić information content (AvgIpc) is 2.89. The highest BCUT2D eigenvalue weighted by atomic mass is 79.9. The lowest BCUT2D eigenvalue weighted by Gasteiger charge is -2.38. The van der Waals surface area contributed by atoms with Crippen molar-refractivity contribution in [3.63, 3.8) is 0 Å². The number of rotatable bonds is 1. The molecule has 2 bridgehead atoms. The van der Waals surface area contributed by atoms with Crippen LogP contribution in [0.15, 0.2) is 18.6 Å². The van der Waals surface area contributed by atoms with Gasteiger partial charge in [-0.25, -0.2) is 9.97 Å². The number of hydrogen-bond donors (Lipinski definition) is 0. The summed E-state index contributed by atoms with van der Waals surface area (Å²) in [5.74, 6) is 1.09. The lowest BCUT2D eigenvalue weighted by atomic mass is 10.0. The van der Waals surface area contributed by atoms with Gasteiger partial charge in [0.25, 0.3) is 0 Å². The van der Waals surface area contributed by atoms with Crippen LogP contribution < -0.4 is 4.90 Å². The Kier molecular flexibility index (Phi) is 2.59. The van der Waals surface area contributed by atoms with Crippen LogP contribution in [0.3, 0.4) is 0 Å². The average molecular weight is 321 g/mol. The van der Waals surface area contributed by atoms with Crippen molar-refractivity contribution in [3.8, 4) is 0 Å². The molecular formula is C14H17BrN4. The van der Waals surface area contributed by atoms with Crippen molar-refractivity contribution in [2.24, 2.45) is 7.05 Å². The van der Waals surface area contributed by atoms with Gasteiger partial charge < -0.3 is 9.47 Å². The molecule has 0 N–H and O–H groups in total. The number of anilines is 1. The van der Waals surface area contributed by atoms with E-state index >= 15 is 0 Å². The summed E-state index contributed by atoms with van der Waals surface area (Å²) in [5, 5.41) is 0. The Morgan fingerprint density at radius 2 is 1.95 bits per heavy atom. The summed E-state index contributed by atoms with van der Waals surface area (Å²) in [7, 11) is 2.04. The molecule has 100 valence electrons. The summed E-state index contributed by atoms with van der Waals surface area (Å²) in [6.45, 7) is 0. The second-order valence-corrected chi connectivity index (χ2v) is 7.01. The normalized spacial score (nSPS) is 30.2. The van der Waals surface area contributed by atoms with Crippen molar-refractivity contribution in [1.29, 1.82) is 0 Å². The van der Waals surface area contributed by atoms with Gasteiger partial charge in [0.15, 0.2) is 5.82 Å². The summed E-state index contributed by atoms with van der Waals surface area (Å²) in [6.07, 6.45) is 8.83. The Balaban J connectivity index is 1.83. The van der Waals surface area contributed by atoms with Gasteiger partial charge in [-0.1, -0.05) is 15.9 Å². The molecule has 2 unspecified atom stereocenters. The Morgan fingerprint density at radius 1 is 1.21 bits per heavy atom. The molecule has 4 rings (SSSR count). The highest BCUT2D eigenvalue weighted by Gasteiger charge is 2.41. The first-order valence-corrected chi connectivity index (χ1v) is 7.84. The molecule has 2 aromatic heterocycles. The molecule has 5 heteroatoms. The van der Waals surface area contributed by atoms with Crippen LogP contribution in [0, 0.1) is 0 Å². The molecule has 0 radical (unpaired) electrons. The smallest absolute Gasteiger partial charge is 0.157 e. The molecule has 19 heavy (non-hydrogen) atoms. The minimum absolute atomic E-state index is 0.628. The first kappa shape index (κ1) is 11.7. The highest BCUT2D eigenvalue weighted by Crippen LogP contribution is 2.42. The molecule has 2 aromatic rings. The quantitative estimate of drug-likeness (QED) is 0.758. The van der Waals surface area contributed by atoms with Crippen LogP contribution >= 0.6 is 15.9 Å². The number of halogens is 1. The standard InChI is InChI=1S/C14H17BrN4/c1-18-8-17-13-12(18)4-5-16-14(13)19-10-2-3-11(19)7-9(15)6-10/h4-5,8-11H,2-3,6-7H2,1H3. The molecule has 0 aliphatic carbocycles. The molecule has 0 aromatic carbocycles. The van der Waals surface area contributed by atoms with Crippen LogP contribution in [0.25, 0.3) is 11.0 Å². The van der Waals surface area contributed by atoms with E-state index in [9.17, 15) is 0 Å². The molecule has 2 atom stereocenters. The molecule has 2 fully saturated rings. The number of imidazole rings is 1. The molecule has 4 heterocycles. The minimum Gasteiger partial charge on any atom is -0.349 e. The number of hydrogen-bond acceptors (Lipinski definition) is 3. The fourth-order valence-corrected chi connectivity index (χ4v) is 4.56. The number of nitrogens with zero attached hydrogens (tertiary/aromatic N) is 4. The summed E-state index contributed by atoms with van der Waals surface area (Å²) in [4.78, 5) is 12.4. The van der Waals surface area contributed by atoms with Gasteiger partial charge in [0, 0.05) is 30.2 Å². The fourth-order valence-electron chi connectivity index (χ4n) is 3.69. The van der Waals surface area contributed by atoms with Crippen LogP contribution in [-0.4, -0.2) is 31.4 Å². The van der Waals surface area contributed by atoms with Gasteiger partial charge in [-0.3, -0.25) is 0 Å². The molecule has 0 saturated carbocycles. The monoisotopic (exact) mass is 320 g/mol. The van der Waals surface area contributed by atoms with Crippen LogP contribution in [0.4, 0.5) is 5.82 Å². The number of alkyl halides is 1. The molecule has 2 aliphatic heterocycles. The molecule has 2 aliphatic rings. The van der Waals surface area contributed by atoms with Gasteiger partial charge in [0.1, 0.15) is 5.52 Å². The fraction of sp³-hybridized carbons (Fsp3) is 0.571. The minimum atomic E-state index is 0.628. The van der Waals surface area contributed by atoms with Gasteiger partial charge >= 0.3 is 0 Å². The number of fused-ring (bicyclic) bond motifs is 3. The van der Waals surface area contributed by atoms with Gasteiger partial charge in [-0.05, 0) is 31.7 Å². The zero-order valence-corrected chi connectivity index (χ0v) is 12.5. The van der Waals surface area contributed by atoms with Crippen molar-refractivity contribution >= 4 is 32.8 Å². The van der Waals surface area contributed by atoms with Crippen molar-refractivity contribution in [2.45, 2.75) is 42.6 Å². The van der Waals surface area contributed by atoms with E-state index in [1.54, 1.807) is 0 Å². The Bertz CT molecular complexity index is 609. The van der Waals surface area contributed by atoms with Gasteiger partial charge in [0.05, 0.1) is 11.8 Å². The maximum absolute atomic E-state index is 4.64. The van der Waals surface area contributed by atoms with Crippen molar-refractivity contribution in [2.75, 3.05) is 4.90 Å². The third kappa shape index (κ3) is 1.71. The van der Waals surface area contributed by atoms with E-state index in [0.717, 1.165) is 11.3 Å². The third-order valence-corrected chi connectivity index (χ3v) is 5.29. The number of piperidine rings is 1. The molecule has 2 saturated heterocycles. The topological polar surface area (TPSA) is 34.0 Å². The maximum Gasteiger partial charge on any atom is 0.157 e. The summed E-state index contributed by atoms with van der Waals surface area (Å²) in [5.41, 5.74) is 2.22. The van der Waals surface area contributed by atoms with Crippen LogP contribution in [0.1, 0.15) is 25.7 Å². The predicted molar refractivity (Wildman–Crippen MR) is 79.7 cm³/mol. The largest absolute Gasteiger partial charge is 0.349 e.